The van der Waals surface area contributed by atoms with Gasteiger partial charge >= 0.3 is 5.97 Å². The summed E-state index contributed by atoms with van der Waals surface area (Å²) in [4.78, 5) is 10.8. The number of hydrogen-bond acceptors (Lipinski definition) is 5. The molecule has 3 rings (SSSR count). The lowest BCUT2D eigenvalue weighted by Crippen LogP contribution is -2.29. The summed E-state index contributed by atoms with van der Waals surface area (Å²) in [6.07, 6.45) is 0.352. The summed E-state index contributed by atoms with van der Waals surface area (Å²) in [5.41, 5.74) is 0.936. The van der Waals surface area contributed by atoms with Crippen LogP contribution in [0.15, 0.2) is 52.3 Å². The molecule has 0 saturated carbocycles. The largest absolute Gasteiger partial charge is 0.478 e. The number of rotatable bonds is 4. The van der Waals surface area contributed by atoms with Crippen molar-refractivity contribution in [3.05, 3.63) is 53.6 Å². The Morgan fingerprint density at radius 1 is 1.00 bits per heavy atom. The lowest BCUT2D eigenvalue weighted by Gasteiger charge is -2.19. The first-order valence-corrected chi connectivity index (χ1v) is 10.1. The number of carboxylic acids is 1. The van der Waals surface area contributed by atoms with E-state index in [0.29, 0.717) is 17.7 Å². The Morgan fingerprint density at radius 2 is 1.60 bits per heavy atom. The summed E-state index contributed by atoms with van der Waals surface area (Å²) in [5.74, 6) is -1.15. The molecular weight excluding hydrogens is 368 g/mol. The van der Waals surface area contributed by atoms with Gasteiger partial charge in [-0.05, 0) is 54.4 Å². The Kier molecular flexibility index (Phi) is 4.06. The van der Waals surface area contributed by atoms with Crippen molar-refractivity contribution in [2.75, 3.05) is 10.8 Å². The molecule has 1 heterocycles. The third-order valence-corrected chi connectivity index (χ3v) is 6.66. The maximum atomic E-state index is 12.8. The number of aromatic carboxylic acids is 1. The van der Waals surface area contributed by atoms with Crippen LogP contribution in [0.2, 0.25) is 0 Å². The van der Waals surface area contributed by atoms with Crippen LogP contribution < -0.4 is 9.44 Å². The molecule has 0 aromatic heterocycles. The van der Waals surface area contributed by atoms with Crippen molar-refractivity contribution < 1.29 is 26.7 Å². The topological polar surface area (TPSA) is 135 Å². The molecule has 8 nitrogen and oxygen atoms in total. The zero-order valence-corrected chi connectivity index (χ0v) is 14.4. The number of anilines is 1. The molecule has 3 N–H and O–H groups in total. The summed E-state index contributed by atoms with van der Waals surface area (Å²) in [7, 11) is -7.75. The van der Waals surface area contributed by atoms with Gasteiger partial charge in [0.25, 0.3) is 10.0 Å². The highest BCUT2D eigenvalue weighted by atomic mass is 32.2. The Morgan fingerprint density at radius 3 is 2.16 bits per heavy atom. The normalized spacial score (nSPS) is 14.4. The van der Waals surface area contributed by atoms with Crippen molar-refractivity contribution in [2.45, 2.75) is 16.2 Å². The fourth-order valence-electron chi connectivity index (χ4n) is 2.67. The predicted molar refractivity (Wildman–Crippen MR) is 89.5 cm³/mol. The standard InChI is InChI=1S/C15H14N2O6S2/c16-24(20,21)13-5-6-14-11(9-13)7-8-17(14)25(22,23)12-3-1-10(2-4-12)15(18)19/h1-6,9H,7-8H2,(H,18,19)(H2,16,20,21). The van der Waals surface area contributed by atoms with Gasteiger partial charge in [-0.2, -0.15) is 0 Å². The number of fused-ring (bicyclic) bond motifs is 1. The van der Waals surface area contributed by atoms with Gasteiger partial charge in [0.1, 0.15) is 0 Å². The lowest BCUT2D eigenvalue weighted by atomic mass is 10.2. The predicted octanol–water partition coefficient (Wildman–Crippen LogP) is 0.784. The number of sulfonamides is 2. The molecule has 0 atom stereocenters. The molecule has 2 aromatic carbocycles. The number of primary sulfonamides is 1. The van der Waals surface area contributed by atoms with Crippen LogP contribution >= 0.6 is 0 Å². The van der Waals surface area contributed by atoms with Crippen molar-refractivity contribution in [1.82, 2.24) is 0 Å². The van der Waals surface area contributed by atoms with Gasteiger partial charge in [-0.15, -0.1) is 0 Å². The van der Waals surface area contributed by atoms with Gasteiger partial charge in [-0.3, -0.25) is 4.31 Å². The minimum Gasteiger partial charge on any atom is -0.478 e. The average molecular weight is 382 g/mol. The maximum Gasteiger partial charge on any atom is 0.335 e. The molecule has 10 heteroatoms. The molecule has 1 aliphatic heterocycles. The number of carbonyl (C=O) groups is 1. The molecule has 132 valence electrons. The fourth-order valence-corrected chi connectivity index (χ4v) is 4.74. The monoisotopic (exact) mass is 382 g/mol. The summed E-state index contributed by atoms with van der Waals surface area (Å²) < 4.78 is 49.6. The van der Waals surface area contributed by atoms with E-state index < -0.39 is 26.0 Å². The Labute approximate surface area is 144 Å². The van der Waals surface area contributed by atoms with Crippen molar-refractivity contribution in [2.24, 2.45) is 5.14 Å². The molecule has 2 aromatic rings. The van der Waals surface area contributed by atoms with Gasteiger partial charge in [-0.25, -0.2) is 26.8 Å². The van der Waals surface area contributed by atoms with Crippen LogP contribution in [-0.2, 0) is 26.5 Å². The number of nitrogens with two attached hydrogens (primary N) is 1. The molecule has 0 fully saturated rings. The van der Waals surface area contributed by atoms with Crippen LogP contribution in [0.25, 0.3) is 0 Å². The number of carboxylic acid groups (broad SMARTS) is 1. The minimum absolute atomic E-state index is 0.0152. The van der Waals surface area contributed by atoms with E-state index in [0.717, 1.165) is 0 Å². The third-order valence-electron chi connectivity index (χ3n) is 3.92. The average Bonchev–Trinajstić information content (AvgIpc) is 2.98. The molecule has 0 aliphatic carbocycles. The molecule has 0 unspecified atom stereocenters. The lowest BCUT2D eigenvalue weighted by molar-refractivity contribution is 0.0696. The number of nitrogens with zero attached hydrogens (tertiary/aromatic N) is 1. The van der Waals surface area contributed by atoms with E-state index >= 15 is 0 Å². The highest BCUT2D eigenvalue weighted by molar-refractivity contribution is 7.92. The number of benzene rings is 2. The second-order valence-corrected chi connectivity index (χ2v) is 8.92. The van der Waals surface area contributed by atoms with Gasteiger partial charge in [-0.1, -0.05) is 0 Å². The van der Waals surface area contributed by atoms with E-state index in [1.807, 2.05) is 0 Å². The SMILES string of the molecule is NS(=O)(=O)c1ccc2c(c1)CCN2S(=O)(=O)c1ccc(C(=O)O)cc1. The molecule has 0 amide bonds. The second kappa shape index (κ2) is 5.83. The molecular formula is C15H14N2O6S2. The highest BCUT2D eigenvalue weighted by Crippen LogP contribution is 2.34. The van der Waals surface area contributed by atoms with E-state index in [1.54, 1.807) is 0 Å². The fraction of sp³-hybridized carbons (Fsp3) is 0.133. The molecule has 0 saturated heterocycles. The van der Waals surface area contributed by atoms with Crippen molar-refractivity contribution in [1.29, 1.82) is 0 Å². The summed E-state index contributed by atoms with van der Waals surface area (Å²) >= 11 is 0. The Balaban J connectivity index is 2.00. The Hall–Kier alpha value is -2.43. The third kappa shape index (κ3) is 3.11. The maximum absolute atomic E-state index is 12.8. The zero-order chi connectivity index (χ0) is 18.4. The second-order valence-electron chi connectivity index (χ2n) is 5.49. The van der Waals surface area contributed by atoms with E-state index in [-0.39, 0.29) is 21.9 Å². The van der Waals surface area contributed by atoms with Crippen LogP contribution in [0.4, 0.5) is 5.69 Å². The highest BCUT2D eigenvalue weighted by Gasteiger charge is 2.31. The van der Waals surface area contributed by atoms with Gasteiger partial charge in [0.05, 0.1) is 21.0 Å². The Bertz CT molecular complexity index is 1060. The van der Waals surface area contributed by atoms with Crippen molar-refractivity contribution >= 4 is 31.7 Å². The van der Waals surface area contributed by atoms with Crippen LogP contribution in [0, 0.1) is 0 Å². The van der Waals surface area contributed by atoms with Gasteiger partial charge < -0.3 is 5.11 Å². The first-order valence-electron chi connectivity index (χ1n) is 7.12. The minimum atomic E-state index is -3.88. The summed E-state index contributed by atoms with van der Waals surface area (Å²) in [6, 6.07) is 8.94. The van der Waals surface area contributed by atoms with E-state index in [4.69, 9.17) is 10.2 Å². The van der Waals surface area contributed by atoms with Crippen LogP contribution in [0.1, 0.15) is 15.9 Å². The number of hydrogen-bond donors (Lipinski definition) is 2. The molecule has 1 aliphatic rings. The van der Waals surface area contributed by atoms with Crippen LogP contribution in [0.3, 0.4) is 0 Å². The quantitative estimate of drug-likeness (QED) is 0.802. The van der Waals surface area contributed by atoms with Gasteiger partial charge in [0.2, 0.25) is 10.0 Å². The van der Waals surface area contributed by atoms with Crippen molar-refractivity contribution in [3.63, 3.8) is 0 Å². The first-order chi connectivity index (χ1) is 11.6. The zero-order valence-electron chi connectivity index (χ0n) is 12.8. The van der Waals surface area contributed by atoms with Crippen LogP contribution in [0.5, 0.6) is 0 Å². The molecule has 0 radical (unpaired) electrons. The summed E-state index contributed by atoms with van der Waals surface area (Å²) in [6.45, 7) is 0.159. The summed E-state index contributed by atoms with van der Waals surface area (Å²) in [5, 5.41) is 14.0. The molecule has 25 heavy (non-hydrogen) atoms. The van der Waals surface area contributed by atoms with Crippen molar-refractivity contribution in [3.8, 4) is 0 Å². The smallest absolute Gasteiger partial charge is 0.335 e. The molecule has 0 spiro atoms. The first kappa shape index (κ1) is 17.4. The van der Waals surface area contributed by atoms with Crippen LogP contribution in [-0.4, -0.2) is 34.5 Å². The van der Waals surface area contributed by atoms with E-state index in [2.05, 4.69) is 0 Å². The van der Waals surface area contributed by atoms with E-state index in [9.17, 15) is 21.6 Å². The van der Waals surface area contributed by atoms with E-state index in [1.165, 1.54) is 46.8 Å². The molecule has 0 bridgehead atoms. The van der Waals surface area contributed by atoms with Gasteiger partial charge in [0, 0.05) is 6.54 Å². The van der Waals surface area contributed by atoms with Gasteiger partial charge in [0.15, 0.2) is 0 Å².